The van der Waals surface area contributed by atoms with E-state index in [2.05, 4.69) is 15.5 Å². The van der Waals surface area contributed by atoms with Crippen LogP contribution in [0.3, 0.4) is 0 Å². The summed E-state index contributed by atoms with van der Waals surface area (Å²) < 4.78 is 1.64. The van der Waals surface area contributed by atoms with E-state index >= 15 is 0 Å². The minimum absolute atomic E-state index is 0.0579. The predicted molar refractivity (Wildman–Crippen MR) is 52.3 cm³/mol. The molecule has 1 heterocycles. The molecule has 0 saturated carbocycles. The van der Waals surface area contributed by atoms with Gasteiger partial charge in [0, 0.05) is 13.0 Å². The van der Waals surface area contributed by atoms with Crippen molar-refractivity contribution in [3.8, 4) is 0 Å². The molecule has 1 N–H and O–H groups in total. The summed E-state index contributed by atoms with van der Waals surface area (Å²) >= 11 is 0. The number of hydrogen-bond donors (Lipinski definition) is 1. The Morgan fingerprint density at radius 1 is 1.53 bits per heavy atom. The van der Waals surface area contributed by atoms with Crippen LogP contribution in [0, 0.1) is 0 Å². The number of aryl methyl sites for hydroxylation is 1. The zero-order valence-electron chi connectivity index (χ0n) is 8.92. The van der Waals surface area contributed by atoms with Crippen LogP contribution in [0.1, 0.15) is 12.2 Å². The van der Waals surface area contributed by atoms with Gasteiger partial charge in [0.1, 0.15) is 0 Å². The van der Waals surface area contributed by atoms with E-state index in [9.17, 15) is 4.79 Å². The normalized spacial score (nSPS) is 10.9. The molecular formula is C8H15N5O2. The summed E-state index contributed by atoms with van der Waals surface area (Å²) in [5, 5.41) is 19.7. The molecule has 0 aliphatic rings. The molecule has 0 aliphatic carbocycles. The molecular weight excluding hydrogens is 198 g/mol. The minimum Gasteiger partial charge on any atom is -0.481 e. The maximum atomic E-state index is 10.4. The summed E-state index contributed by atoms with van der Waals surface area (Å²) in [5.41, 5.74) is 0. The summed E-state index contributed by atoms with van der Waals surface area (Å²) in [4.78, 5) is 12.4. The summed E-state index contributed by atoms with van der Waals surface area (Å²) in [6.07, 6.45) is 0.429. The molecule has 0 unspecified atom stereocenters. The van der Waals surface area contributed by atoms with Crippen molar-refractivity contribution >= 4 is 5.97 Å². The van der Waals surface area contributed by atoms with Gasteiger partial charge in [-0.2, -0.15) is 0 Å². The minimum atomic E-state index is -0.836. The van der Waals surface area contributed by atoms with Crippen molar-refractivity contribution in [2.75, 3.05) is 20.6 Å². The van der Waals surface area contributed by atoms with Crippen LogP contribution in [0.4, 0.5) is 0 Å². The third-order valence-electron chi connectivity index (χ3n) is 1.93. The van der Waals surface area contributed by atoms with Crippen molar-refractivity contribution in [3.05, 3.63) is 5.82 Å². The van der Waals surface area contributed by atoms with Crippen molar-refractivity contribution < 1.29 is 9.90 Å². The zero-order valence-corrected chi connectivity index (χ0v) is 8.92. The fourth-order valence-electron chi connectivity index (χ4n) is 1.09. The molecule has 0 fully saturated rings. The highest BCUT2D eigenvalue weighted by Gasteiger charge is 2.08. The van der Waals surface area contributed by atoms with Crippen LogP contribution in [0.5, 0.6) is 0 Å². The van der Waals surface area contributed by atoms with Gasteiger partial charge in [-0.05, 0) is 24.5 Å². The second-order valence-corrected chi connectivity index (χ2v) is 3.52. The zero-order chi connectivity index (χ0) is 11.3. The molecule has 1 aromatic heterocycles. The van der Waals surface area contributed by atoms with Gasteiger partial charge in [0.05, 0.1) is 13.0 Å². The second kappa shape index (κ2) is 5.40. The van der Waals surface area contributed by atoms with Crippen LogP contribution < -0.4 is 0 Å². The first kappa shape index (κ1) is 11.6. The Morgan fingerprint density at radius 2 is 2.27 bits per heavy atom. The number of aliphatic carboxylic acids is 1. The lowest BCUT2D eigenvalue weighted by Crippen LogP contribution is -2.20. The van der Waals surface area contributed by atoms with Gasteiger partial charge in [-0.25, -0.2) is 4.68 Å². The fraction of sp³-hybridized carbons (Fsp3) is 0.750. The highest BCUT2D eigenvalue weighted by atomic mass is 16.4. The van der Waals surface area contributed by atoms with Gasteiger partial charge in [0.25, 0.3) is 0 Å². The number of tetrazole rings is 1. The lowest BCUT2D eigenvalue weighted by Gasteiger charge is -2.09. The monoisotopic (exact) mass is 213 g/mol. The number of carboxylic acid groups (broad SMARTS) is 1. The van der Waals surface area contributed by atoms with Gasteiger partial charge >= 0.3 is 5.97 Å². The van der Waals surface area contributed by atoms with Gasteiger partial charge in [-0.1, -0.05) is 0 Å². The first-order valence-corrected chi connectivity index (χ1v) is 4.71. The average Bonchev–Trinajstić information content (AvgIpc) is 2.58. The number of likely N-dealkylation sites (N-methyl/N-ethyl adjacent to an activating group) is 1. The molecule has 1 aromatic rings. The molecule has 7 heteroatoms. The van der Waals surface area contributed by atoms with Gasteiger partial charge < -0.3 is 10.0 Å². The SMILES string of the molecule is CN(C)CCn1nnnc1CCC(=O)O. The molecule has 0 radical (unpaired) electrons. The van der Waals surface area contributed by atoms with E-state index < -0.39 is 5.97 Å². The van der Waals surface area contributed by atoms with Crippen LogP contribution in [-0.2, 0) is 17.8 Å². The number of aromatic nitrogens is 4. The lowest BCUT2D eigenvalue weighted by atomic mass is 10.3. The van der Waals surface area contributed by atoms with Crippen molar-refractivity contribution in [3.63, 3.8) is 0 Å². The largest absolute Gasteiger partial charge is 0.481 e. The van der Waals surface area contributed by atoms with Crippen molar-refractivity contribution in [1.29, 1.82) is 0 Å². The van der Waals surface area contributed by atoms with E-state index in [0.29, 0.717) is 18.8 Å². The van der Waals surface area contributed by atoms with Crippen molar-refractivity contribution in [1.82, 2.24) is 25.1 Å². The smallest absolute Gasteiger partial charge is 0.303 e. The number of hydrogen-bond acceptors (Lipinski definition) is 5. The molecule has 0 spiro atoms. The number of nitrogens with zero attached hydrogens (tertiary/aromatic N) is 5. The number of rotatable bonds is 6. The lowest BCUT2D eigenvalue weighted by molar-refractivity contribution is -0.137. The van der Waals surface area contributed by atoms with Crippen LogP contribution in [-0.4, -0.2) is 56.8 Å². The average molecular weight is 213 g/mol. The van der Waals surface area contributed by atoms with Crippen molar-refractivity contribution in [2.24, 2.45) is 0 Å². The summed E-state index contributed by atoms with van der Waals surface area (Å²) in [6, 6.07) is 0. The van der Waals surface area contributed by atoms with Crippen LogP contribution in [0.2, 0.25) is 0 Å². The third-order valence-corrected chi connectivity index (χ3v) is 1.93. The fourth-order valence-corrected chi connectivity index (χ4v) is 1.09. The molecule has 15 heavy (non-hydrogen) atoms. The Balaban J connectivity index is 2.49. The molecule has 0 aromatic carbocycles. The van der Waals surface area contributed by atoms with E-state index in [1.807, 2.05) is 19.0 Å². The van der Waals surface area contributed by atoms with E-state index in [1.165, 1.54) is 0 Å². The molecule has 0 bridgehead atoms. The maximum Gasteiger partial charge on any atom is 0.303 e. The first-order valence-electron chi connectivity index (χ1n) is 4.71. The molecule has 7 nitrogen and oxygen atoms in total. The molecule has 1 rings (SSSR count). The van der Waals surface area contributed by atoms with E-state index in [1.54, 1.807) is 4.68 Å². The van der Waals surface area contributed by atoms with E-state index in [4.69, 9.17) is 5.11 Å². The van der Waals surface area contributed by atoms with Gasteiger partial charge in [-0.15, -0.1) is 5.10 Å². The highest BCUT2D eigenvalue weighted by molar-refractivity contribution is 5.66. The first-order chi connectivity index (χ1) is 7.09. The van der Waals surface area contributed by atoms with Gasteiger partial charge in [-0.3, -0.25) is 4.79 Å². The standard InChI is InChI=1S/C8H15N5O2/c1-12(2)5-6-13-7(9-10-11-13)3-4-8(14)15/h3-6H2,1-2H3,(H,14,15). The Kier molecular flexibility index (Phi) is 4.17. The summed E-state index contributed by atoms with van der Waals surface area (Å²) in [5.74, 6) is -0.212. The predicted octanol–water partition coefficient (Wildman–Crippen LogP) is -0.748. The molecule has 0 amide bonds. The van der Waals surface area contributed by atoms with Gasteiger partial charge in [0.2, 0.25) is 0 Å². The number of carbonyl (C=O) groups is 1. The molecule has 0 saturated heterocycles. The molecule has 0 atom stereocenters. The van der Waals surface area contributed by atoms with E-state index in [-0.39, 0.29) is 6.42 Å². The topological polar surface area (TPSA) is 84.1 Å². The Morgan fingerprint density at radius 3 is 2.87 bits per heavy atom. The van der Waals surface area contributed by atoms with E-state index in [0.717, 1.165) is 6.54 Å². The quantitative estimate of drug-likeness (QED) is 0.669. The Bertz CT molecular complexity index is 323. The van der Waals surface area contributed by atoms with Gasteiger partial charge in [0.15, 0.2) is 5.82 Å². The molecule has 0 aliphatic heterocycles. The Labute approximate surface area is 87.7 Å². The Hall–Kier alpha value is -1.50. The van der Waals surface area contributed by atoms with Crippen LogP contribution in [0.15, 0.2) is 0 Å². The van der Waals surface area contributed by atoms with Crippen LogP contribution >= 0.6 is 0 Å². The number of carboxylic acids is 1. The summed E-state index contributed by atoms with van der Waals surface area (Å²) in [6.45, 7) is 1.50. The summed E-state index contributed by atoms with van der Waals surface area (Å²) in [7, 11) is 3.92. The second-order valence-electron chi connectivity index (χ2n) is 3.52. The highest BCUT2D eigenvalue weighted by Crippen LogP contribution is 1.97. The maximum absolute atomic E-state index is 10.4. The van der Waals surface area contributed by atoms with Crippen LogP contribution in [0.25, 0.3) is 0 Å². The molecule has 84 valence electrons. The van der Waals surface area contributed by atoms with Crippen molar-refractivity contribution in [2.45, 2.75) is 19.4 Å². The third kappa shape index (κ3) is 4.03.